The Kier molecular flexibility index (Phi) is 6.54. The van der Waals surface area contributed by atoms with Crippen LogP contribution in [0.4, 0.5) is 0 Å². The van der Waals surface area contributed by atoms with Gasteiger partial charge in [0.25, 0.3) is 5.91 Å². The minimum Gasteiger partial charge on any atom is -0.342 e. The van der Waals surface area contributed by atoms with Gasteiger partial charge in [-0.15, -0.1) is 0 Å². The second-order valence-corrected chi connectivity index (χ2v) is 8.98. The molecule has 0 bridgehead atoms. The van der Waals surface area contributed by atoms with E-state index in [0.717, 1.165) is 41.1 Å². The summed E-state index contributed by atoms with van der Waals surface area (Å²) in [5, 5.41) is 0. The fourth-order valence-corrected chi connectivity index (χ4v) is 4.64. The van der Waals surface area contributed by atoms with E-state index in [1.807, 2.05) is 42.2 Å². The van der Waals surface area contributed by atoms with Gasteiger partial charge in [-0.05, 0) is 55.9 Å². The van der Waals surface area contributed by atoms with E-state index in [-0.39, 0.29) is 11.3 Å². The SMILES string of the molecule is Cc1ccccc1Cc1c(C(=O)N2CCC[C@H](C)C2)c(=O)cc(C)n1Cc1ccccn1. The molecule has 5 nitrogen and oxygen atoms in total. The summed E-state index contributed by atoms with van der Waals surface area (Å²) in [6.45, 7) is 8.10. The van der Waals surface area contributed by atoms with E-state index in [9.17, 15) is 9.59 Å². The van der Waals surface area contributed by atoms with E-state index in [2.05, 4.69) is 35.5 Å². The van der Waals surface area contributed by atoms with Gasteiger partial charge < -0.3 is 9.47 Å². The number of likely N-dealkylation sites (tertiary alicyclic amines) is 1. The van der Waals surface area contributed by atoms with Crippen LogP contribution < -0.4 is 5.43 Å². The molecule has 5 heteroatoms. The number of rotatable bonds is 5. The molecule has 0 spiro atoms. The molecular weight excluding hydrogens is 398 g/mol. The molecule has 1 amide bonds. The summed E-state index contributed by atoms with van der Waals surface area (Å²) in [6, 6.07) is 15.6. The van der Waals surface area contributed by atoms with Crippen molar-refractivity contribution < 1.29 is 4.79 Å². The Labute approximate surface area is 189 Å². The molecule has 1 fully saturated rings. The number of pyridine rings is 2. The van der Waals surface area contributed by atoms with Gasteiger partial charge in [0.15, 0.2) is 5.43 Å². The van der Waals surface area contributed by atoms with Crippen LogP contribution in [-0.4, -0.2) is 33.4 Å². The molecule has 4 rings (SSSR count). The lowest BCUT2D eigenvalue weighted by Crippen LogP contribution is -2.42. The Hall–Kier alpha value is -3.21. The summed E-state index contributed by atoms with van der Waals surface area (Å²) < 4.78 is 2.09. The van der Waals surface area contributed by atoms with Gasteiger partial charge in [0.05, 0.1) is 12.2 Å². The summed E-state index contributed by atoms with van der Waals surface area (Å²) in [6.07, 6.45) is 4.40. The number of aryl methyl sites for hydroxylation is 2. The van der Waals surface area contributed by atoms with E-state index in [1.54, 1.807) is 12.3 Å². The highest BCUT2D eigenvalue weighted by Gasteiger charge is 2.28. The maximum Gasteiger partial charge on any atom is 0.259 e. The molecule has 1 aromatic carbocycles. The Morgan fingerprint density at radius 2 is 1.91 bits per heavy atom. The van der Waals surface area contributed by atoms with Crippen molar-refractivity contribution in [3.63, 3.8) is 0 Å². The van der Waals surface area contributed by atoms with Crippen LogP contribution in [0.1, 0.15) is 58.3 Å². The predicted molar refractivity (Wildman–Crippen MR) is 127 cm³/mol. The van der Waals surface area contributed by atoms with Crippen molar-refractivity contribution in [2.75, 3.05) is 13.1 Å². The zero-order valence-corrected chi connectivity index (χ0v) is 19.2. The van der Waals surface area contributed by atoms with Gasteiger partial charge in [-0.2, -0.15) is 0 Å². The average molecular weight is 430 g/mol. The maximum absolute atomic E-state index is 13.7. The molecule has 0 aliphatic carbocycles. The third-order valence-corrected chi connectivity index (χ3v) is 6.45. The van der Waals surface area contributed by atoms with Crippen molar-refractivity contribution in [1.29, 1.82) is 0 Å². The molecule has 0 radical (unpaired) electrons. The lowest BCUT2D eigenvalue weighted by atomic mass is 9.96. The molecular formula is C27H31N3O2. The monoisotopic (exact) mass is 429 g/mol. The summed E-state index contributed by atoms with van der Waals surface area (Å²) in [5.74, 6) is 0.314. The largest absolute Gasteiger partial charge is 0.342 e. The molecule has 32 heavy (non-hydrogen) atoms. The highest BCUT2D eigenvalue weighted by atomic mass is 16.2. The van der Waals surface area contributed by atoms with Gasteiger partial charge in [0.2, 0.25) is 0 Å². The van der Waals surface area contributed by atoms with Crippen LogP contribution in [0.5, 0.6) is 0 Å². The third kappa shape index (κ3) is 4.67. The number of carbonyl (C=O) groups is 1. The van der Waals surface area contributed by atoms with E-state index in [4.69, 9.17) is 0 Å². The smallest absolute Gasteiger partial charge is 0.259 e. The molecule has 0 N–H and O–H groups in total. The number of hydrogen-bond donors (Lipinski definition) is 0. The van der Waals surface area contributed by atoms with Gasteiger partial charge >= 0.3 is 0 Å². The van der Waals surface area contributed by atoms with Crippen LogP contribution >= 0.6 is 0 Å². The average Bonchev–Trinajstić information content (AvgIpc) is 2.78. The van der Waals surface area contributed by atoms with Crippen molar-refractivity contribution in [2.24, 2.45) is 5.92 Å². The van der Waals surface area contributed by atoms with E-state index in [1.165, 1.54) is 0 Å². The summed E-state index contributed by atoms with van der Waals surface area (Å²) in [4.78, 5) is 33.3. The first-order valence-corrected chi connectivity index (χ1v) is 11.4. The summed E-state index contributed by atoms with van der Waals surface area (Å²) >= 11 is 0. The third-order valence-electron chi connectivity index (χ3n) is 6.45. The number of piperidine rings is 1. The Morgan fingerprint density at radius 3 is 2.62 bits per heavy atom. The van der Waals surface area contributed by atoms with Gasteiger partial charge in [0, 0.05) is 43.2 Å². The first kappa shape index (κ1) is 22.0. The number of aromatic nitrogens is 2. The second-order valence-electron chi connectivity index (χ2n) is 8.98. The Morgan fingerprint density at radius 1 is 1.12 bits per heavy atom. The molecule has 0 unspecified atom stereocenters. The summed E-state index contributed by atoms with van der Waals surface area (Å²) in [7, 11) is 0. The minimum absolute atomic E-state index is 0.139. The Bertz CT molecular complexity index is 1170. The highest BCUT2D eigenvalue weighted by Crippen LogP contribution is 2.22. The number of nitrogens with zero attached hydrogens (tertiary/aromatic N) is 3. The topological polar surface area (TPSA) is 55.2 Å². The molecule has 3 heterocycles. The first-order chi connectivity index (χ1) is 15.4. The number of benzene rings is 1. The van der Waals surface area contributed by atoms with Crippen LogP contribution in [0.15, 0.2) is 59.5 Å². The number of amides is 1. The van der Waals surface area contributed by atoms with Crippen LogP contribution in [0.2, 0.25) is 0 Å². The quantitative estimate of drug-likeness (QED) is 0.605. The highest BCUT2D eigenvalue weighted by molar-refractivity contribution is 5.95. The number of hydrogen-bond acceptors (Lipinski definition) is 3. The van der Waals surface area contributed by atoms with Gasteiger partial charge in [-0.3, -0.25) is 14.6 Å². The molecule has 1 aliphatic heterocycles. The van der Waals surface area contributed by atoms with Gasteiger partial charge in [0.1, 0.15) is 5.56 Å². The minimum atomic E-state index is -0.188. The standard InChI is InChI=1S/C27H31N3O2/c1-19-9-8-14-29(17-19)27(32)26-24(16-22-11-5-4-10-20(22)2)30(21(3)15-25(26)31)18-23-12-6-7-13-28-23/h4-7,10-13,15,19H,8-9,14,16-18H2,1-3H3/t19-/m0/s1. The Balaban J connectivity index is 1.85. The molecule has 1 aliphatic rings. The summed E-state index contributed by atoms with van der Waals surface area (Å²) in [5.41, 5.74) is 4.90. The van der Waals surface area contributed by atoms with Crippen molar-refractivity contribution >= 4 is 5.91 Å². The number of carbonyl (C=O) groups excluding carboxylic acids is 1. The zero-order chi connectivity index (χ0) is 22.7. The fraction of sp³-hybridized carbons (Fsp3) is 0.370. The molecule has 0 saturated carbocycles. The lowest BCUT2D eigenvalue weighted by molar-refractivity contribution is 0.0679. The predicted octanol–water partition coefficient (Wildman–Crippen LogP) is 4.37. The fourth-order valence-electron chi connectivity index (χ4n) is 4.64. The van der Waals surface area contributed by atoms with Crippen molar-refractivity contribution in [2.45, 2.75) is 46.6 Å². The molecule has 166 valence electrons. The van der Waals surface area contributed by atoms with Gasteiger partial charge in [-0.25, -0.2) is 0 Å². The van der Waals surface area contributed by atoms with Crippen molar-refractivity contribution in [3.05, 3.63) is 98.7 Å². The van der Waals surface area contributed by atoms with Crippen molar-refractivity contribution in [3.8, 4) is 0 Å². The maximum atomic E-state index is 13.7. The molecule has 1 atom stereocenters. The van der Waals surface area contributed by atoms with E-state index < -0.39 is 0 Å². The molecule has 1 saturated heterocycles. The zero-order valence-electron chi connectivity index (χ0n) is 19.2. The first-order valence-electron chi connectivity index (χ1n) is 11.4. The van der Waals surface area contributed by atoms with E-state index >= 15 is 0 Å². The van der Waals surface area contributed by atoms with Gasteiger partial charge in [-0.1, -0.05) is 37.3 Å². The molecule has 2 aromatic heterocycles. The van der Waals surface area contributed by atoms with Crippen LogP contribution in [0.25, 0.3) is 0 Å². The second kappa shape index (κ2) is 9.51. The van der Waals surface area contributed by atoms with E-state index in [0.29, 0.717) is 37.5 Å². The normalized spacial score (nSPS) is 16.2. The van der Waals surface area contributed by atoms with Crippen LogP contribution in [-0.2, 0) is 13.0 Å². The molecule has 3 aromatic rings. The van der Waals surface area contributed by atoms with Crippen LogP contribution in [0.3, 0.4) is 0 Å². The van der Waals surface area contributed by atoms with Crippen molar-refractivity contribution in [1.82, 2.24) is 14.5 Å². The van der Waals surface area contributed by atoms with Crippen LogP contribution in [0, 0.1) is 19.8 Å². The lowest BCUT2D eigenvalue weighted by Gasteiger charge is -2.32.